The van der Waals surface area contributed by atoms with Gasteiger partial charge in [0, 0.05) is 0 Å². The van der Waals surface area contributed by atoms with Crippen LogP contribution < -0.4 is 9.47 Å². The number of carbonyl (C=O) groups is 1. The Kier molecular flexibility index (Phi) is 5.03. The van der Waals surface area contributed by atoms with Crippen LogP contribution in [0, 0.1) is 24.0 Å². The average Bonchev–Trinajstić information content (AvgIpc) is 2.89. The van der Waals surface area contributed by atoms with Crippen molar-refractivity contribution in [2.45, 2.75) is 13.8 Å². The number of ether oxygens (including phenoxy) is 2. The summed E-state index contributed by atoms with van der Waals surface area (Å²) in [5.74, 6) is 1.42. The third-order valence-corrected chi connectivity index (χ3v) is 3.45. The first-order valence-corrected chi connectivity index (χ1v) is 7.07. The van der Waals surface area contributed by atoms with Gasteiger partial charge in [-0.3, -0.25) is 14.9 Å². The molecule has 7 heteroatoms. The van der Waals surface area contributed by atoms with Gasteiger partial charge in [-0.1, -0.05) is 0 Å². The molecule has 0 N–H and O–H groups in total. The molecule has 2 aromatic rings. The Morgan fingerprint density at radius 2 is 1.79 bits per heavy atom. The minimum Gasteiger partial charge on any atom is -0.493 e. The quantitative estimate of drug-likeness (QED) is 0.347. The van der Waals surface area contributed by atoms with Crippen LogP contribution in [-0.2, 0) is 0 Å². The van der Waals surface area contributed by atoms with Crippen LogP contribution in [0.2, 0.25) is 0 Å². The zero-order valence-electron chi connectivity index (χ0n) is 13.8. The Morgan fingerprint density at radius 1 is 1.17 bits per heavy atom. The van der Waals surface area contributed by atoms with E-state index in [9.17, 15) is 14.9 Å². The number of allylic oxidation sites excluding steroid dienone is 1. The molecule has 2 rings (SSSR count). The molecule has 0 aliphatic heterocycles. The van der Waals surface area contributed by atoms with Crippen LogP contribution in [-0.4, -0.2) is 24.9 Å². The number of rotatable bonds is 6. The highest BCUT2D eigenvalue weighted by molar-refractivity contribution is 6.07. The van der Waals surface area contributed by atoms with Gasteiger partial charge in [-0.2, -0.15) is 0 Å². The third-order valence-electron chi connectivity index (χ3n) is 3.45. The molecule has 7 nitrogen and oxygen atoms in total. The third kappa shape index (κ3) is 3.45. The van der Waals surface area contributed by atoms with E-state index in [1.165, 1.54) is 38.5 Å². The summed E-state index contributed by atoms with van der Waals surface area (Å²) in [4.78, 5) is 22.9. The summed E-state index contributed by atoms with van der Waals surface area (Å²) in [6.45, 7) is 3.43. The van der Waals surface area contributed by atoms with Crippen LogP contribution in [0.4, 0.5) is 5.69 Å². The summed E-state index contributed by atoms with van der Waals surface area (Å²) in [6.07, 6.45) is 2.65. The number of nitrogens with zero attached hydrogens (tertiary/aromatic N) is 1. The molecular formula is C17H17NO6. The number of nitro benzene ring substituents is 1. The lowest BCUT2D eigenvalue weighted by molar-refractivity contribution is -0.385. The fraction of sp³-hybridized carbons (Fsp3) is 0.235. The normalized spacial score (nSPS) is 10.8. The van der Waals surface area contributed by atoms with Crippen LogP contribution in [0.3, 0.4) is 0 Å². The van der Waals surface area contributed by atoms with Crippen molar-refractivity contribution in [1.29, 1.82) is 0 Å². The maximum atomic E-state index is 12.2. The van der Waals surface area contributed by atoms with Crippen molar-refractivity contribution in [3.63, 3.8) is 0 Å². The van der Waals surface area contributed by atoms with Crippen LogP contribution in [0.15, 0.2) is 28.7 Å². The molecule has 24 heavy (non-hydrogen) atoms. The van der Waals surface area contributed by atoms with Crippen LogP contribution >= 0.6 is 0 Å². The maximum absolute atomic E-state index is 12.2. The SMILES string of the molecule is COc1cc(/C=C/C(=O)c2cc(C)oc2C)c([N+](=O)[O-])cc1OC. The minimum atomic E-state index is -0.542. The van der Waals surface area contributed by atoms with Gasteiger partial charge in [0.25, 0.3) is 5.69 Å². The summed E-state index contributed by atoms with van der Waals surface area (Å²) in [5, 5.41) is 11.2. The fourth-order valence-corrected chi connectivity index (χ4v) is 2.31. The van der Waals surface area contributed by atoms with Crippen LogP contribution in [0.5, 0.6) is 11.5 Å². The van der Waals surface area contributed by atoms with Crippen molar-refractivity contribution in [3.8, 4) is 11.5 Å². The Bertz CT molecular complexity index is 819. The molecule has 0 radical (unpaired) electrons. The monoisotopic (exact) mass is 331 g/mol. The van der Waals surface area contributed by atoms with Crippen molar-refractivity contribution in [3.05, 3.63) is 57.0 Å². The zero-order chi connectivity index (χ0) is 17.9. The number of hydrogen-bond acceptors (Lipinski definition) is 6. The Hall–Kier alpha value is -3.09. The predicted molar refractivity (Wildman–Crippen MR) is 87.7 cm³/mol. The van der Waals surface area contributed by atoms with Crippen LogP contribution in [0.1, 0.15) is 27.4 Å². The van der Waals surface area contributed by atoms with Gasteiger partial charge in [0.05, 0.1) is 36.3 Å². The van der Waals surface area contributed by atoms with Gasteiger partial charge >= 0.3 is 0 Å². The number of carbonyl (C=O) groups excluding carboxylic acids is 1. The molecule has 126 valence electrons. The van der Waals surface area contributed by atoms with E-state index in [1.54, 1.807) is 19.9 Å². The van der Waals surface area contributed by atoms with E-state index in [1.807, 2.05) is 0 Å². The van der Waals surface area contributed by atoms with E-state index < -0.39 is 4.92 Å². The molecule has 0 aliphatic carbocycles. The molecule has 1 aromatic carbocycles. The molecule has 0 saturated carbocycles. The zero-order valence-corrected chi connectivity index (χ0v) is 13.8. The number of methoxy groups -OCH3 is 2. The lowest BCUT2D eigenvalue weighted by atomic mass is 10.1. The molecule has 0 unspecified atom stereocenters. The Balaban J connectivity index is 2.42. The van der Waals surface area contributed by atoms with Crippen LogP contribution in [0.25, 0.3) is 6.08 Å². The largest absolute Gasteiger partial charge is 0.493 e. The standard InChI is InChI=1S/C17H17NO6/c1-10-7-13(11(2)24-10)15(19)6-5-12-8-16(22-3)17(23-4)9-14(12)18(20)21/h5-9H,1-4H3/b6-5+. The summed E-state index contributed by atoms with van der Waals surface area (Å²) < 4.78 is 15.5. The van der Waals surface area contributed by atoms with Gasteiger partial charge in [-0.15, -0.1) is 0 Å². The van der Waals surface area contributed by atoms with Gasteiger partial charge in [-0.05, 0) is 38.1 Å². The van der Waals surface area contributed by atoms with Gasteiger partial charge in [0.2, 0.25) is 0 Å². The molecule has 1 aromatic heterocycles. The molecule has 1 heterocycles. The number of aryl methyl sites for hydroxylation is 2. The summed E-state index contributed by atoms with van der Waals surface area (Å²) >= 11 is 0. The second-order valence-corrected chi connectivity index (χ2v) is 5.05. The first-order valence-electron chi connectivity index (χ1n) is 7.07. The molecule has 0 fully saturated rings. The topological polar surface area (TPSA) is 91.8 Å². The van der Waals surface area contributed by atoms with Crippen molar-refractivity contribution < 1.29 is 23.6 Å². The highest BCUT2D eigenvalue weighted by Crippen LogP contribution is 2.35. The van der Waals surface area contributed by atoms with E-state index in [0.717, 1.165) is 0 Å². The van der Waals surface area contributed by atoms with E-state index in [2.05, 4.69) is 0 Å². The number of hydrogen-bond donors (Lipinski definition) is 0. The maximum Gasteiger partial charge on any atom is 0.280 e. The van der Waals surface area contributed by atoms with Crippen molar-refractivity contribution in [2.24, 2.45) is 0 Å². The highest BCUT2D eigenvalue weighted by Gasteiger charge is 2.18. The minimum absolute atomic E-state index is 0.184. The molecule has 0 atom stereocenters. The lowest BCUT2D eigenvalue weighted by Gasteiger charge is -2.08. The van der Waals surface area contributed by atoms with Crippen molar-refractivity contribution >= 4 is 17.5 Å². The Morgan fingerprint density at radius 3 is 2.29 bits per heavy atom. The van der Waals surface area contributed by atoms with E-state index in [0.29, 0.717) is 22.8 Å². The second-order valence-electron chi connectivity index (χ2n) is 5.05. The van der Waals surface area contributed by atoms with Gasteiger partial charge in [0.15, 0.2) is 17.3 Å². The van der Waals surface area contributed by atoms with E-state index >= 15 is 0 Å². The molecule has 0 amide bonds. The summed E-state index contributed by atoms with van der Waals surface area (Å²) in [6, 6.07) is 4.34. The number of benzene rings is 1. The number of ketones is 1. The first kappa shape index (κ1) is 17.3. The first-order chi connectivity index (χ1) is 11.4. The van der Waals surface area contributed by atoms with Gasteiger partial charge < -0.3 is 13.9 Å². The molecule has 0 spiro atoms. The molecule has 0 aliphatic rings. The second kappa shape index (κ2) is 6.99. The van der Waals surface area contributed by atoms with Crippen molar-refractivity contribution in [2.75, 3.05) is 14.2 Å². The van der Waals surface area contributed by atoms with Gasteiger partial charge in [0.1, 0.15) is 11.5 Å². The smallest absolute Gasteiger partial charge is 0.280 e. The summed E-state index contributed by atoms with van der Waals surface area (Å²) in [7, 11) is 2.82. The number of nitro groups is 1. The van der Waals surface area contributed by atoms with Crippen molar-refractivity contribution in [1.82, 2.24) is 0 Å². The molecule has 0 saturated heterocycles. The average molecular weight is 331 g/mol. The molecular weight excluding hydrogens is 314 g/mol. The Labute approximate surface area is 138 Å². The van der Waals surface area contributed by atoms with E-state index in [4.69, 9.17) is 13.9 Å². The lowest BCUT2D eigenvalue weighted by Crippen LogP contribution is -1.98. The predicted octanol–water partition coefficient (Wildman–Crippen LogP) is 3.72. The molecule has 0 bridgehead atoms. The van der Waals surface area contributed by atoms with E-state index in [-0.39, 0.29) is 22.8 Å². The fourth-order valence-electron chi connectivity index (χ4n) is 2.31. The highest BCUT2D eigenvalue weighted by atomic mass is 16.6. The summed E-state index contributed by atoms with van der Waals surface area (Å²) in [5.41, 5.74) is 0.479. The number of furan rings is 1. The van der Waals surface area contributed by atoms with Gasteiger partial charge in [-0.25, -0.2) is 0 Å².